The molecule has 0 spiro atoms. The highest BCUT2D eigenvalue weighted by atomic mass is 32.1. The minimum absolute atomic E-state index is 0.183. The van der Waals surface area contributed by atoms with E-state index in [1.54, 1.807) is 14.2 Å². The van der Waals surface area contributed by atoms with Crippen molar-refractivity contribution < 1.29 is 9.47 Å². The average Bonchev–Trinajstić information content (AvgIpc) is 2.31. The first kappa shape index (κ1) is 13.2. The summed E-state index contributed by atoms with van der Waals surface area (Å²) in [5, 5.41) is 3.21. The maximum atomic E-state index is 5.45. The van der Waals surface area contributed by atoms with Crippen molar-refractivity contribution in [3.63, 3.8) is 0 Å². The third-order valence-electron chi connectivity index (χ3n) is 2.72. The Morgan fingerprint density at radius 3 is 2.44 bits per heavy atom. The fourth-order valence-corrected chi connectivity index (χ4v) is 2.19. The number of benzene rings is 1. The van der Waals surface area contributed by atoms with Gasteiger partial charge in [-0.15, -0.1) is 0 Å². The van der Waals surface area contributed by atoms with Gasteiger partial charge in [0.25, 0.3) is 0 Å². The molecule has 0 heterocycles. The molecular formula is C12H19NO2S. The predicted octanol–water partition coefficient (Wildman–Crippen LogP) is 2.20. The highest BCUT2D eigenvalue weighted by Crippen LogP contribution is 2.34. The third-order valence-corrected chi connectivity index (χ3v) is 3.08. The summed E-state index contributed by atoms with van der Waals surface area (Å²) in [4.78, 5) is 0. The Bertz CT molecular complexity index is 351. The first-order chi connectivity index (χ1) is 7.69. The summed E-state index contributed by atoms with van der Waals surface area (Å²) < 4.78 is 10.7. The molecule has 1 aromatic rings. The average molecular weight is 241 g/mol. The minimum Gasteiger partial charge on any atom is -0.496 e. The predicted molar refractivity (Wildman–Crippen MR) is 69.9 cm³/mol. The lowest BCUT2D eigenvalue weighted by atomic mass is 10.0. The molecular weight excluding hydrogens is 222 g/mol. The maximum Gasteiger partial charge on any atom is 0.130 e. The number of rotatable bonds is 5. The molecule has 0 aliphatic rings. The summed E-state index contributed by atoms with van der Waals surface area (Å²) in [5.41, 5.74) is 2.13. The Labute approximate surface area is 103 Å². The van der Waals surface area contributed by atoms with Gasteiger partial charge in [0.1, 0.15) is 11.5 Å². The first-order valence-electron chi connectivity index (χ1n) is 5.19. The van der Waals surface area contributed by atoms with Crippen molar-refractivity contribution in [2.24, 2.45) is 0 Å². The monoisotopic (exact) mass is 241 g/mol. The topological polar surface area (TPSA) is 30.5 Å². The molecule has 0 saturated carbocycles. The molecule has 3 nitrogen and oxygen atoms in total. The Balaban J connectivity index is 3.24. The molecule has 0 bridgehead atoms. The van der Waals surface area contributed by atoms with Gasteiger partial charge >= 0.3 is 0 Å². The van der Waals surface area contributed by atoms with E-state index in [1.807, 2.05) is 26.1 Å². The van der Waals surface area contributed by atoms with E-state index < -0.39 is 0 Å². The van der Waals surface area contributed by atoms with Crippen LogP contribution >= 0.6 is 12.6 Å². The van der Waals surface area contributed by atoms with Crippen molar-refractivity contribution >= 4 is 12.6 Å². The van der Waals surface area contributed by atoms with Crippen molar-refractivity contribution in [2.45, 2.75) is 13.0 Å². The largest absolute Gasteiger partial charge is 0.496 e. The fraction of sp³-hybridized carbons (Fsp3) is 0.500. The summed E-state index contributed by atoms with van der Waals surface area (Å²) in [6.45, 7) is 1.99. The molecule has 0 fully saturated rings. The van der Waals surface area contributed by atoms with E-state index in [0.717, 1.165) is 28.4 Å². The van der Waals surface area contributed by atoms with Gasteiger partial charge in [0.15, 0.2) is 0 Å². The summed E-state index contributed by atoms with van der Waals surface area (Å²) >= 11 is 4.33. The Morgan fingerprint density at radius 1 is 1.31 bits per heavy atom. The third kappa shape index (κ3) is 2.44. The number of methoxy groups -OCH3 is 2. The number of thiol groups is 1. The number of hydrogen-bond donors (Lipinski definition) is 2. The molecule has 1 rings (SSSR count). The lowest BCUT2D eigenvalue weighted by molar-refractivity contribution is 0.382. The molecule has 90 valence electrons. The molecule has 0 aliphatic heterocycles. The molecule has 0 saturated heterocycles. The number of hydrogen-bond acceptors (Lipinski definition) is 4. The van der Waals surface area contributed by atoms with Gasteiger partial charge in [-0.3, -0.25) is 0 Å². The van der Waals surface area contributed by atoms with Crippen LogP contribution in [0.2, 0.25) is 0 Å². The van der Waals surface area contributed by atoms with Crippen LogP contribution in [0.25, 0.3) is 0 Å². The Kier molecular flexibility index (Phi) is 4.96. The smallest absolute Gasteiger partial charge is 0.130 e. The Morgan fingerprint density at radius 2 is 2.00 bits per heavy atom. The van der Waals surface area contributed by atoms with E-state index in [1.165, 1.54) is 0 Å². The van der Waals surface area contributed by atoms with Gasteiger partial charge in [0.05, 0.1) is 14.2 Å². The number of ether oxygens (including phenoxy) is 2. The summed E-state index contributed by atoms with van der Waals surface area (Å²) in [7, 11) is 5.26. The Hall–Kier alpha value is -0.870. The van der Waals surface area contributed by atoms with Gasteiger partial charge in [0.2, 0.25) is 0 Å². The van der Waals surface area contributed by atoms with Gasteiger partial charge in [-0.1, -0.05) is 6.07 Å². The van der Waals surface area contributed by atoms with Crippen LogP contribution in [-0.4, -0.2) is 27.0 Å². The zero-order valence-electron chi connectivity index (χ0n) is 10.2. The quantitative estimate of drug-likeness (QED) is 0.775. The van der Waals surface area contributed by atoms with E-state index in [-0.39, 0.29) is 6.04 Å². The second-order valence-electron chi connectivity index (χ2n) is 3.54. The highest BCUT2D eigenvalue weighted by molar-refractivity contribution is 7.80. The summed E-state index contributed by atoms with van der Waals surface area (Å²) in [6, 6.07) is 4.16. The van der Waals surface area contributed by atoms with Crippen molar-refractivity contribution in [1.82, 2.24) is 5.32 Å². The lowest BCUT2D eigenvalue weighted by Crippen LogP contribution is -2.19. The van der Waals surface area contributed by atoms with Crippen LogP contribution in [0.15, 0.2) is 12.1 Å². The normalized spacial score (nSPS) is 12.3. The second kappa shape index (κ2) is 6.01. The van der Waals surface area contributed by atoms with E-state index in [2.05, 4.69) is 17.9 Å². The van der Waals surface area contributed by atoms with Crippen LogP contribution < -0.4 is 14.8 Å². The van der Waals surface area contributed by atoms with Crippen LogP contribution in [0.3, 0.4) is 0 Å². The van der Waals surface area contributed by atoms with E-state index >= 15 is 0 Å². The summed E-state index contributed by atoms with van der Waals surface area (Å²) in [5.74, 6) is 2.43. The molecule has 0 aliphatic carbocycles. The van der Waals surface area contributed by atoms with E-state index in [0.29, 0.717) is 0 Å². The van der Waals surface area contributed by atoms with Crippen molar-refractivity contribution in [3.8, 4) is 11.5 Å². The minimum atomic E-state index is 0.183. The van der Waals surface area contributed by atoms with Crippen molar-refractivity contribution in [2.75, 3.05) is 27.0 Å². The molecule has 0 aromatic heterocycles. The number of nitrogens with one attached hydrogen (secondary N) is 1. The second-order valence-corrected chi connectivity index (χ2v) is 3.90. The zero-order valence-corrected chi connectivity index (χ0v) is 11.1. The van der Waals surface area contributed by atoms with Gasteiger partial charge in [0, 0.05) is 22.9 Å². The fourth-order valence-electron chi connectivity index (χ4n) is 1.81. The van der Waals surface area contributed by atoms with Crippen LogP contribution in [0.4, 0.5) is 0 Å². The molecule has 1 atom stereocenters. The molecule has 1 N–H and O–H groups in total. The van der Waals surface area contributed by atoms with Gasteiger partial charge < -0.3 is 14.8 Å². The van der Waals surface area contributed by atoms with Gasteiger partial charge in [-0.25, -0.2) is 0 Å². The SMILES string of the molecule is CNC(CS)c1ccc(OC)c(C)c1OC. The zero-order chi connectivity index (χ0) is 12.1. The molecule has 4 heteroatoms. The van der Waals surface area contributed by atoms with Crippen LogP contribution in [0.1, 0.15) is 17.2 Å². The maximum absolute atomic E-state index is 5.45. The van der Waals surface area contributed by atoms with Crippen molar-refractivity contribution in [3.05, 3.63) is 23.3 Å². The standard InChI is InChI=1S/C12H19NO2S/c1-8-11(14-3)6-5-9(12(8)15-4)10(7-16)13-2/h5-6,10,13,16H,7H2,1-4H3. The molecule has 1 aromatic carbocycles. The van der Waals surface area contributed by atoms with Crippen LogP contribution in [0, 0.1) is 6.92 Å². The lowest BCUT2D eigenvalue weighted by Gasteiger charge is -2.20. The molecule has 16 heavy (non-hydrogen) atoms. The summed E-state index contributed by atoms with van der Waals surface area (Å²) in [6.07, 6.45) is 0. The molecule has 1 unspecified atom stereocenters. The highest BCUT2D eigenvalue weighted by Gasteiger charge is 2.17. The van der Waals surface area contributed by atoms with Gasteiger partial charge in [-0.2, -0.15) is 12.6 Å². The van der Waals surface area contributed by atoms with E-state index in [9.17, 15) is 0 Å². The van der Waals surface area contributed by atoms with E-state index in [4.69, 9.17) is 9.47 Å². The molecule has 0 amide bonds. The first-order valence-corrected chi connectivity index (χ1v) is 5.82. The van der Waals surface area contributed by atoms with Crippen LogP contribution in [0.5, 0.6) is 11.5 Å². The van der Waals surface area contributed by atoms with Crippen LogP contribution in [-0.2, 0) is 0 Å². The van der Waals surface area contributed by atoms with Gasteiger partial charge in [-0.05, 0) is 20.0 Å². The van der Waals surface area contributed by atoms with Crippen molar-refractivity contribution in [1.29, 1.82) is 0 Å². The molecule has 0 radical (unpaired) electrons.